The van der Waals surface area contributed by atoms with Crippen molar-refractivity contribution in [2.45, 2.75) is 18.4 Å². The maximum absolute atomic E-state index is 11.4. The fourth-order valence-electron chi connectivity index (χ4n) is 1.82. The van der Waals surface area contributed by atoms with Gasteiger partial charge in [-0.3, -0.25) is 9.69 Å². The van der Waals surface area contributed by atoms with Crippen LogP contribution < -0.4 is 0 Å². The highest BCUT2D eigenvalue weighted by molar-refractivity contribution is 8.00. The van der Waals surface area contributed by atoms with E-state index in [0.717, 1.165) is 4.90 Å². The second kappa shape index (κ2) is 3.95. The monoisotopic (exact) mass is 241 g/mol. The van der Waals surface area contributed by atoms with E-state index >= 15 is 0 Å². The first-order valence-electron chi connectivity index (χ1n) is 4.79. The zero-order chi connectivity index (χ0) is 11.9. The van der Waals surface area contributed by atoms with Gasteiger partial charge in [0.15, 0.2) is 6.10 Å². The number of carbonyl (C=O) groups is 2. The Hall–Kier alpha value is -1.27. The van der Waals surface area contributed by atoms with Crippen LogP contribution in [0.3, 0.4) is 0 Å². The number of rotatable bonds is 2. The third-order valence-corrected chi connectivity index (χ3v) is 3.83. The number of thioether (sulfide) groups is 1. The molecular weight excluding hydrogens is 230 g/mol. The number of carboxylic acid groups (broad SMARTS) is 1. The van der Waals surface area contributed by atoms with Gasteiger partial charge in [-0.25, -0.2) is 4.79 Å². The van der Waals surface area contributed by atoms with Gasteiger partial charge in [-0.15, -0.1) is 11.8 Å². The zero-order valence-electron chi connectivity index (χ0n) is 8.58. The number of amides is 1. The van der Waals surface area contributed by atoms with Crippen LogP contribution in [0.1, 0.15) is 6.92 Å². The standard InChI is InChI=1S/C10H11NO4S/c1-2-3-5-4-16-9-7(12)8(13)11(9)6(5)10(14)15/h2-3,7,9,12H,4H2,1H3,(H,14,15)/b3-2+/t7?,9-/m1/s1. The number of nitrogens with zero attached hydrogens (tertiary/aromatic N) is 1. The minimum absolute atomic E-state index is 0.00264. The number of aliphatic hydroxyl groups is 1. The molecular formula is C10H11NO4S. The maximum Gasteiger partial charge on any atom is 0.352 e. The number of aliphatic carboxylic acids is 1. The normalized spacial score (nSPS) is 29.4. The summed E-state index contributed by atoms with van der Waals surface area (Å²) in [6.45, 7) is 1.79. The number of carbonyl (C=O) groups excluding carboxylic acids is 1. The number of β-lactam (4-membered cyclic amide) rings is 1. The summed E-state index contributed by atoms with van der Waals surface area (Å²) in [7, 11) is 0. The largest absolute Gasteiger partial charge is 0.477 e. The first-order valence-corrected chi connectivity index (χ1v) is 5.84. The van der Waals surface area contributed by atoms with Crippen LogP contribution in [0.2, 0.25) is 0 Å². The highest BCUT2D eigenvalue weighted by atomic mass is 32.2. The van der Waals surface area contributed by atoms with Gasteiger partial charge in [0.25, 0.3) is 5.91 Å². The Balaban J connectivity index is 2.41. The molecule has 2 N–H and O–H groups in total. The molecule has 0 saturated carbocycles. The molecule has 5 nitrogen and oxygen atoms in total. The van der Waals surface area contributed by atoms with Crippen LogP contribution in [0.15, 0.2) is 23.4 Å². The van der Waals surface area contributed by atoms with E-state index in [1.165, 1.54) is 11.8 Å². The average molecular weight is 241 g/mol. The van der Waals surface area contributed by atoms with Gasteiger partial charge in [0.1, 0.15) is 11.1 Å². The van der Waals surface area contributed by atoms with Crippen molar-refractivity contribution in [3.63, 3.8) is 0 Å². The van der Waals surface area contributed by atoms with Crippen LogP contribution in [0.4, 0.5) is 0 Å². The molecule has 0 aromatic carbocycles. The molecule has 1 fully saturated rings. The lowest BCUT2D eigenvalue weighted by Gasteiger charge is -2.46. The average Bonchev–Trinajstić information content (AvgIpc) is 2.27. The molecule has 1 saturated heterocycles. The van der Waals surface area contributed by atoms with E-state index in [4.69, 9.17) is 5.11 Å². The quantitative estimate of drug-likeness (QED) is 0.674. The van der Waals surface area contributed by atoms with Crippen molar-refractivity contribution in [3.05, 3.63) is 23.4 Å². The van der Waals surface area contributed by atoms with Crippen LogP contribution in [-0.2, 0) is 9.59 Å². The van der Waals surface area contributed by atoms with Gasteiger partial charge >= 0.3 is 5.97 Å². The predicted molar refractivity (Wildman–Crippen MR) is 58.6 cm³/mol. The Kier molecular flexibility index (Phi) is 2.77. The second-order valence-electron chi connectivity index (χ2n) is 3.53. The van der Waals surface area contributed by atoms with E-state index in [2.05, 4.69) is 0 Å². The Bertz CT molecular complexity index is 415. The summed E-state index contributed by atoms with van der Waals surface area (Å²) in [5.74, 6) is -1.16. The highest BCUT2D eigenvalue weighted by Crippen LogP contribution is 2.40. The SMILES string of the molecule is C/C=C/C1=C(C(=O)O)N2C(=O)C(O)[C@H]2SC1. The number of hydrogen-bond acceptors (Lipinski definition) is 4. The molecule has 86 valence electrons. The number of aliphatic hydroxyl groups excluding tert-OH is 1. The summed E-state index contributed by atoms with van der Waals surface area (Å²) in [5.41, 5.74) is 0.605. The molecule has 1 amide bonds. The molecule has 16 heavy (non-hydrogen) atoms. The van der Waals surface area contributed by atoms with E-state index < -0.39 is 23.4 Å². The van der Waals surface area contributed by atoms with Crippen LogP contribution in [-0.4, -0.2) is 44.2 Å². The highest BCUT2D eigenvalue weighted by Gasteiger charge is 2.52. The van der Waals surface area contributed by atoms with Crippen molar-refractivity contribution in [2.75, 3.05) is 5.75 Å². The van der Waals surface area contributed by atoms with Gasteiger partial charge < -0.3 is 10.2 Å². The van der Waals surface area contributed by atoms with Crippen LogP contribution in [0.25, 0.3) is 0 Å². The molecule has 6 heteroatoms. The second-order valence-corrected chi connectivity index (χ2v) is 4.64. The van der Waals surface area contributed by atoms with Crippen LogP contribution in [0, 0.1) is 0 Å². The minimum Gasteiger partial charge on any atom is -0.477 e. The van der Waals surface area contributed by atoms with Crippen molar-refractivity contribution in [1.82, 2.24) is 4.90 Å². The van der Waals surface area contributed by atoms with Gasteiger partial charge in [-0.2, -0.15) is 0 Å². The van der Waals surface area contributed by atoms with Crippen LogP contribution in [0.5, 0.6) is 0 Å². The Morgan fingerprint density at radius 3 is 2.88 bits per heavy atom. The van der Waals surface area contributed by atoms with Gasteiger partial charge in [-0.1, -0.05) is 12.2 Å². The van der Waals surface area contributed by atoms with Crippen molar-refractivity contribution in [1.29, 1.82) is 0 Å². The van der Waals surface area contributed by atoms with Crippen molar-refractivity contribution in [3.8, 4) is 0 Å². The van der Waals surface area contributed by atoms with Gasteiger partial charge in [0, 0.05) is 5.75 Å². The lowest BCUT2D eigenvalue weighted by atomic mass is 10.1. The molecule has 0 radical (unpaired) electrons. The molecule has 0 aliphatic carbocycles. The summed E-state index contributed by atoms with van der Waals surface area (Å²) in [6.07, 6.45) is 2.36. The smallest absolute Gasteiger partial charge is 0.352 e. The summed E-state index contributed by atoms with van der Waals surface area (Å²) < 4.78 is 0. The van der Waals surface area contributed by atoms with E-state index in [9.17, 15) is 14.7 Å². The molecule has 0 bridgehead atoms. The fraction of sp³-hybridized carbons (Fsp3) is 0.400. The molecule has 2 heterocycles. The molecule has 0 aromatic heterocycles. The number of fused-ring (bicyclic) bond motifs is 1. The van der Waals surface area contributed by atoms with Gasteiger partial charge in [0.05, 0.1) is 0 Å². The van der Waals surface area contributed by atoms with E-state index in [1.54, 1.807) is 19.1 Å². The fourth-order valence-corrected chi connectivity index (χ4v) is 3.06. The van der Waals surface area contributed by atoms with Crippen LogP contribution >= 0.6 is 11.8 Å². The molecule has 1 unspecified atom stereocenters. The molecule has 2 atom stereocenters. The molecule has 2 aliphatic heterocycles. The maximum atomic E-state index is 11.4. The number of carboxylic acids is 1. The summed E-state index contributed by atoms with van der Waals surface area (Å²) in [4.78, 5) is 23.7. The molecule has 0 spiro atoms. The van der Waals surface area contributed by atoms with Crippen molar-refractivity contribution in [2.24, 2.45) is 0 Å². The topological polar surface area (TPSA) is 77.8 Å². The van der Waals surface area contributed by atoms with Gasteiger partial charge in [-0.05, 0) is 12.5 Å². The summed E-state index contributed by atoms with van der Waals surface area (Å²) >= 11 is 1.38. The lowest BCUT2D eigenvalue weighted by Crippen LogP contribution is -2.64. The molecule has 0 aromatic rings. The third-order valence-electron chi connectivity index (χ3n) is 2.54. The third kappa shape index (κ3) is 1.45. The first kappa shape index (κ1) is 11.2. The molecule has 2 aliphatic rings. The number of allylic oxidation sites excluding steroid dienone is 2. The summed E-state index contributed by atoms with van der Waals surface area (Å²) in [6, 6.07) is 0. The zero-order valence-corrected chi connectivity index (χ0v) is 9.40. The number of hydrogen-bond donors (Lipinski definition) is 2. The Morgan fingerprint density at radius 1 is 1.62 bits per heavy atom. The Labute approximate surface area is 96.4 Å². The lowest BCUT2D eigenvalue weighted by molar-refractivity contribution is -0.159. The van der Waals surface area contributed by atoms with E-state index in [0.29, 0.717) is 11.3 Å². The van der Waals surface area contributed by atoms with Crippen molar-refractivity contribution < 1.29 is 19.8 Å². The molecule has 2 rings (SSSR count). The van der Waals surface area contributed by atoms with Gasteiger partial charge in [0.2, 0.25) is 0 Å². The van der Waals surface area contributed by atoms with E-state index in [1.807, 2.05) is 0 Å². The first-order chi connectivity index (χ1) is 7.57. The van der Waals surface area contributed by atoms with Crippen molar-refractivity contribution >= 4 is 23.6 Å². The predicted octanol–water partition coefficient (Wildman–Crippen LogP) is 0.177. The Morgan fingerprint density at radius 2 is 2.31 bits per heavy atom. The summed E-state index contributed by atoms with van der Waals surface area (Å²) in [5, 5.41) is 18.0. The van der Waals surface area contributed by atoms with E-state index in [-0.39, 0.29) is 5.70 Å². The minimum atomic E-state index is -1.13.